The maximum atomic E-state index is 9.76. The van der Waals surface area contributed by atoms with Crippen LogP contribution < -0.4 is 10.1 Å². The summed E-state index contributed by atoms with van der Waals surface area (Å²) in [5.41, 5.74) is 0. The Labute approximate surface area is 114 Å². The van der Waals surface area contributed by atoms with Crippen molar-refractivity contribution in [1.82, 2.24) is 5.32 Å². The van der Waals surface area contributed by atoms with Gasteiger partial charge in [-0.2, -0.15) is 0 Å². The van der Waals surface area contributed by atoms with Crippen molar-refractivity contribution >= 4 is 10.8 Å². The normalized spacial score (nSPS) is 12.5. The molecule has 0 spiro atoms. The van der Waals surface area contributed by atoms with Gasteiger partial charge in [0.2, 0.25) is 0 Å². The second-order valence-corrected chi connectivity index (χ2v) is 4.68. The van der Waals surface area contributed by atoms with Gasteiger partial charge in [-0.25, -0.2) is 0 Å². The third kappa shape index (κ3) is 4.23. The first-order chi connectivity index (χ1) is 9.29. The first-order valence-corrected chi connectivity index (χ1v) is 6.80. The van der Waals surface area contributed by atoms with E-state index < -0.39 is 6.10 Å². The molecule has 0 heterocycles. The van der Waals surface area contributed by atoms with Crippen LogP contribution in [0.5, 0.6) is 5.75 Å². The van der Waals surface area contributed by atoms with Crippen LogP contribution in [0, 0.1) is 0 Å². The van der Waals surface area contributed by atoms with E-state index in [-0.39, 0.29) is 0 Å². The Kier molecular flexibility index (Phi) is 5.19. The molecular formula is C16H21NO2. The highest BCUT2D eigenvalue weighted by Crippen LogP contribution is 2.20. The number of aliphatic hydroxyl groups excluding tert-OH is 1. The summed E-state index contributed by atoms with van der Waals surface area (Å²) in [5, 5.41) is 15.3. The molecule has 0 amide bonds. The van der Waals surface area contributed by atoms with E-state index in [9.17, 15) is 5.11 Å². The molecule has 19 heavy (non-hydrogen) atoms. The van der Waals surface area contributed by atoms with Gasteiger partial charge in [0.15, 0.2) is 0 Å². The van der Waals surface area contributed by atoms with Gasteiger partial charge < -0.3 is 15.2 Å². The molecule has 1 unspecified atom stereocenters. The maximum Gasteiger partial charge on any atom is 0.120 e. The number of hydrogen-bond acceptors (Lipinski definition) is 3. The summed E-state index contributed by atoms with van der Waals surface area (Å²) >= 11 is 0. The van der Waals surface area contributed by atoms with E-state index >= 15 is 0 Å². The molecule has 2 rings (SSSR count). The van der Waals surface area contributed by atoms with Crippen molar-refractivity contribution in [2.24, 2.45) is 0 Å². The Morgan fingerprint density at radius 2 is 1.95 bits per heavy atom. The van der Waals surface area contributed by atoms with Crippen molar-refractivity contribution in [3.05, 3.63) is 42.5 Å². The van der Waals surface area contributed by atoms with Crippen LogP contribution in [0.4, 0.5) is 0 Å². The molecular weight excluding hydrogens is 238 g/mol. The summed E-state index contributed by atoms with van der Waals surface area (Å²) in [5.74, 6) is 0.799. The minimum Gasteiger partial charge on any atom is -0.491 e. The molecule has 102 valence electrons. The summed E-state index contributed by atoms with van der Waals surface area (Å²) in [7, 11) is 0. The highest BCUT2D eigenvalue weighted by molar-refractivity contribution is 5.83. The van der Waals surface area contributed by atoms with Gasteiger partial charge in [0.1, 0.15) is 18.5 Å². The first-order valence-electron chi connectivity index (χ1n) is 6.80. The predicted molar refractivity (Wildman–Crippen MR) is 78.6 cm³/mol. The average Bonchev–Trinajstić information content (AvgIpc) is 2.45. The van der Waals surface area contributed by atoms with E-state index in [4.69, 9.17) is 4.74 Å². The van der Waals surface area contributed by atoms with Crippen LogP contribution >= 0.6 is 0 Å². The number of ether oxygens (including phenoxy) is 1. The number of fused-ring (bicyclic) bond motifs is 1. The van der Waals surface area contributed by atoms with E-state index in [0.29, 0.717) is 13.2 Å². The van der Waals surface area contributed by atoms with Gasteiger partial charge in [-0.1, -0.05) is 37.3 Å². The Morgan fingerprint density at radius 3 is 2.74 bits per heavy atom. The van der Waals surface area contributed by atoms with Crippen LogP contribution in [-0.2, 0) is 0 Å². The fraction of sp³-hybridized carbons (Fsp3) is 0.375. The predicted octanol–water partition coefficient (Wildman–Crippen LogP) is 2.58. The molecule has 2 N–H and O–H groups in total. The van der Waals surface area contributed by atoms with Crippen molar-refractivity contribution in [2.45, 2.75) is 19.4 Å². The van der Waals surface area contributed by atoms with Crippen LogP contribution in [0.15, 0.2) is 42.5 Å². The average molecular weight is 259 g/mol. The molecule has 2 aromatic carbocycles. The number of aliphatic hydroxyl groups is 1. The Hall–Kier alpha value is -1.58. The largest absolute Gasteiger partial charge is 0.491 e. The molecule has 0 aliphatic rings. The van der Waals surface area contributed by atoms with E-state index in [0.717, 1.165) is 24.1 Å². The number of hydrogen-bond donors (Lipinski definition) is 2. The molecule has 2 aromatic rings. The zero-order valence-corrected chi connectivity index (χ0v) is 11.3. The smallest absolute Gasteiger partial charge is 0.120 e. The lowest BCUT2D eigenvalue weighted by Crippen LogP contribution is -2.31. The minimum atomic E-state index is -0.474. The van der Waals surface area contributed by atoms with Gasteiger partial charge in [-0.15, -0.1) is 0 Å². The summed E-state index contributed by atoms with van der Waals surface area (Å²) in [6, 6.07) is 14.1. The van der Waals surface area contributed by atoms with Crippen molar-refractivity contribution in [2.75, 3.05) is 19.7 Å². The SMILES string of the molecule is CCCNCC(O)COc1ccc2ccccc2c1. The monoisotopic (exact) mass is 259 g/mol. The van der Waals surface area contributed by atoms with Crippen LogP contribution in [-0.4, -0.2) is 30.9 Å². The van der Waals surface area contributed by atoms with E-state index in [1.54, 1.807) is 0 Å². The standard InChI is InChI=1S/C16H21NO2/c1-2-9-17-11-15(18)12-19-16-8-7-13-5-3-4-6-14(13)10-16/h3-8,10,15,17-18H,2,9,11-12H2,1H3. The van der Waals surface area contributed by atoms with E-state index in [1.165, 1.54) is 5.39 Å². The fourth-order valence-corrected chi connectivity index (χ4v) is 1.95. The van der Waals surface area contributed by atoms with Crippen LogP contribution in [0.2, 0.25) is 0 Å². The van der Waals surface area contributed by atoms with Crippen molar-refractivity contribution in [3.8, 4) is 5.75 Å². The molecule has 0 aromatic heterocycles. The second-order valence-electron chi connectivity index (χ2n) is 4.68. The van der Waals surface area contributed by atoms with Crippen molar-refractivity contribution in [1.29, 1.82) is 0 Å². The molecule has 3 heteroatoms. The lowest BCUT2D eigenvalue weighted by atomic mass is 10.1. The lowest BCUT2D eigenvalue weighted by molar-refractivity contribution is 0.106. The number of rotatable bonds is 7. The molecule has 0 aliphatic carbocycles. The fourth-order valence-electron chi connectivity index (χ4n) is 1.95. The molecule has 0 saturated heterocycles. The third-order valence-corrected chi connectivity index (χ3v) is 2.97. The lowest BCUT2D eigenvalue weighted by Gasteiger charge is -2.13. The van der Waals surface area contributed by atoms with Gasteiger partial charge >= 0.3 is 0 Å². The van der Waals surface area contributed by atoms with Crippen LogP contribution in [0.25, 0.3) is 10.8 Å². The van der Waals surface area contributed by atoms with Gasteiger partial charge in [-0.3, -0.25) is 0 Å². The van der Waals surface area contributed by atoms with Crippen molar-refractivity contribution in [3.63, 3.8) is 0 Å². The Bertz CT molecular complexity index is 513. The van der Waals surface area contributed by atoms with Crippen molar-refractivity contribution < 1.29 is 9.84 Å². The first kappa shape index (κ1) is 13.8. The summed E-state index contributed by atoms with van der Waals surface area (Å²) < 4.78 is 5.62. The molecule has 0 bridgehead atoms. The summed E-state index contributed by atoms with van der Waals surface area (Å²) in [6.45, 7) is 3.91. The minimum absolute atomic E-state index is 0.315. The van der Waals surface area contributed by atoms with Crippen LogP contribution in [0.1, 0.15) is 13.3 Å². The molecule has 0 fully saturated rings. The topological polar surface area (TPSA) is 41.5 Å². The maximum absolute atomic E-state index is 9.76. The van der Waals surface area contributed by atoms with Crippen LogP contribution in [0.3, 0.4) is 0 Å². The highest BCUT2D eigenvalue weighted by Gasteiger charge is 2.04. The van der Waals surface area contributed by atoms with Gasteiger partial charge in [0.05, 0.1) is 0 Å². The molecule has 1 atom stereocenters. The highest BCUT2D eigenvalue weighted by atomic mass is 16.5. The molecule has 0 saturated carbocycles. The van der Waals surface area contributed by atoms with Gasteiger partial charge in [0, 0.05) is 6.54 Å². The number of nitrogens with one attached hydrogen (secondary N) is 1. The second kappa shape index (κ2) is 7.12. The zero-order valence-electron chi connectivity index (χ0n) is 11.3. The van der Waals surface area contributed by atoms with E-state index in [1.807, 2.05) is 30.3 Å². The molecule has 0 aliphatic heterocycles. The quantitative estimate of drug-likeness (QED) is 0.751. The molecule has 0 radical (unpaired) electrons. The third-order valence-electron chi connectivity index (χ3n) is 2.97. The van der Waals surface area contributed by atoms with E-state index in [2.05, 4.69) is 24.4 Å². The molecule has 3 nitrogen and oxygen atoms in total. The number of benzene rings is 2. The van der Waals surface area contributed by atoms with Gasteiger partial charge in [-0.05, 0) is 35.9 Å². The summed E-state index contributed by atoms with van der Waals surface area (Å²) in [4.78, 5) is 0. The zero-order chi connectivity index (χ0) is 13.5. The Morgan fingerprint density at radius 1 is 1.16 bits per heavy atom. The summed E-state index contributed by atoms with van der Waals surface area (Å²) in [6.07, 6.45) is 0.594. The Balaban J connectivity index is 1.87. The van der Waals surface area contributed by atoms with Gasteiger partial charge in [0.25, 0.3) is 0 Å².